The number of rotatable bonds is 6. The van der Waals surface area contributed by atoms with Gasteiger partial charge in [0.2, 0.25) is 5.16 Å². The Morgan fingerprint density at radius 1 is 1.38 bits per heavy atom. The van der Waals surface area contributed by atoms with Crippen molar-refractivity contribution in [3.63, 3.8) is 0 Å². The fraction of sp³-hybridized carbons (Fsp3) is 0.125. The highest BCUT2D eigenvalue weighted by molar-refractivity contribution is 7.99. The molecule has 0 aliphatic heterocycles. The number of carboxylic acids is 1. The van der Waals surface area contributed by atoms with E-state index in [2.05, 4.69) is 15.3 Å². The Morgan fingerprint density at radius 3 is 2.85 bits per heavy atom. The van der Waals surface area contributed by atoms with Crippen molar-refractivity contribution < 1.29 is 14.3 Å². The van der Waals surface area contributed by atoms with Gasteiger partial charge in [-0.3, -0.25) is 0 Å². The zero-order chi connectivity index (χ0) is 18.7. The molecule has 7 nitrogen and oxygen atoms in total. The standard InChI is InChI=1S/C16H12Cl2N4O3S/c1-9-12(4-5-25-9)15-20-21-16(26-8-14(23)24)22(15)19-7-10-2-3-11(17)6-13(10)18/h2-7H,8H2,1H3,(H,23,24)/p-1/b19-7-. The van der Waals surface area contributed by atoms with E-state index in [0.29, 0.717) is 37.9 Å². The molecule has 134 valence electrons. The van der Waals surface area contributed by atoms with Gasteiger partial charge in [0.1, 0.15) is 5.76 Å². The van der Waals surface area contributed by atoms with Crippen LogP contribution in [-0.2, 0) is 4.79 Å². The molecule has 2 aromatic heterocycles. The summed E-state index contributed by atoms with van der Waals surface area (Å²) in [6.45, 7) is 1.78. The van der Waals surface area contributed by atoms with Gasteiger partial charge in [0.25, 0.3) is 0 Å². The molecule has 0 saturated carbocycles. The van der Waals surface area contributed by atoms with Crippen molar-refractivity contribution in [2.75, 3.05) is 5.75 Å². The first-order valence-electron chi connectivity index (χ1n) is 7.27. The lowest BCUT2D eigenvalue weighted by molar-refractivity contribution is -0.301. The van der Waals surface area contributed by atoms with Gasteiger partial charge in [0.15, 0.2) is 5.82 Å². The van der Waals surface area contributed by atoms with Crippen LogP contribution in [0.15, 0.2) is 45.2 Å². The number of nitrogens with zero attached hydrogens (tertiary/aromatic N) is 4. The fourth-order valence-corrected chi connectivity index (χ4v) is 3.15. The summed E-state index contributed by atoms with van der Waals surface area (Å²) in [5.74, 6) is -0.441. The van der Waals surface area contributed by atoms with E-state index in [9.17, 15) is 9.90 Å². The second-order valence-corrected chi connectivity index (χ2v) is 6.87. The number of thioether (sulfide) groups is 1. The number of halogens is 2. The highest BCUT2D eigenvalue weighted by atomic mass is 35.5. The monoisotopic (exact) mass is 409 g/mol. The third-order valence-corrected chi connectivity index (χ3v) is 4.76. The highest BCUT2D eigenvalue weighted by Gasteiger charge is 2.17. The Hall–Kier alpha value is -2.29. The molecule has 3 aromatic rings. The van der Waals surface area contributed by atoms with Crippen LogP contribution in [0.4, 0.5) is 0 Å². The average molecular weight is 410 g/mol. The lowest BCUT2D eigenvalue weighted by Gasteiger charge is -2.05. The number of carboxylic acid groups (broad SMARTS) is 1. The van der Waals surface area contributed by atoms with Crippen molar-refractivity contribution in [3.05, 3.63) is 51.9 Å². The minimum Gasteiger partial charge on any atom is -0.549 e. The summed E-state index contributed by atoms with van der Waals surface area (Å²) in [5, 5.41) is 24.5. The summed E-state index contributed by atoms with van der Waals surface area (Å²) >= 11 is 13.0. The molecule has 0 N–H and O–H groups in total. The first kappa shape index (κ1) is 18.5. The number of furan rings is 1. The van der Waals surface area contributed by atoms with Crippen molar-refractivity contribution in [1.29, 1.82) is 0 Å². The van der Waals surface area contributed by atoms with Crippen LogP contribution in [-0.4, -0.2) is 32.8 Å². The topological polar surface area (TPSA) is 96.3 Å². The average Bonchev–Trinajstić information content (AvgIpc) is 3.17. The number of aryl methyl sites for hydroxylation is 1. The molecule has 2 heterocycles. The van der Waals surface area contributed by atoms with Crippen LogP contribution in [0.25, 0.3) is 11.4 Å². The molecule has 26 heavy (non-hydrogen) atoms. The van der Waals surface area contributed by atoms with E-state index in [0.717, 1.165) is 11.8 Å². The Kier molecular flexibility index (Phi) is 5.65. The zero-order valence-electron chi connectivity index (χ0n) is 13.3. The van der Waals surface area contributed by atoms with Crippen LogP contribution in [0.1, 0.15) is 11.3 Å². The van der Waals surface area contributed by atoms with Crippen LogP contribution >= 0.6 is 35.0 Å². The number of benzene rings is 1. The van der Waals surface area contributed by atoms with Crippen LogP contribution in [0, 0.1) is 6.92 Å². The number of carbonyl (C=O) groups excluding carboxylic acids is 1. The largest absolute Gasteiger partial charge is 0.549 e. The van der Waals surface area contributed by atoms with E-state index in [1.807, 2.05) is 0 Å². The van der Waals surface area contributed by atoms with Gasteiger partial charge in [-0.2, -0.15) is 9.78 Å². The predicted octanol–water partition coefficient (Wildman–Crippen LogP) is 2.88. The Balaban J connectivity index is 2.01. The molecule has 0 aliphatic carbocycles. The molecule has 0 unspecified atom stereocenters. The maximum atomic E-state index is 10.8. The molecular formula is C16H11Cl2N4O3S-. The number of hydrogen-bond acceptors (Lipinski definition) is 7. The second kappa shape index (κ2) is 7.94. The molecule has 1 aromatic carbocycles. The third kappa shape index (κ3) is 4.09. The second-order valence-electron chi connectivity index (χ2n) is 5.08. The predicted molar refractivity (Wildman–Crippen MR) is 97.6 cm³/mol. The first-order valence-corrected chi connectivity index (χ1v) is 9.02. The van der Waals surface area contributed by atoms with Crippen molar-refractivity contribution in [3.8, 4) is 11.4 Å². The SMILES string of the molecule is Cc1occc1-c1nnc(SCC(=O)[O-])n1/N=C\c1ccc(Cl)cc1Cl. The summed E-state index contributed by atoms with van der Waals surface area (Å²) in [4.78, 5) is 10.8. The van der Waals surface area contributed by atoms with E-state index in [1.54, 1.807) is 31.2 Å². The van der Waals surface area contributed by atoms with E-state index < -0.39 is 5.97 Å². The molecule has 0 radical (unpaired) electrons. The number of aromatic nitrogens is 3. The molecule has 0 aliphatic rings. The summed E-state index contributed by atoms with van der Waals surface area (Å²) in [7, 11) is 0. The fourth-order valence-electron chi connectivity index (χ4n) is 2.09. The molecule has 0 saturated heterocycles. The summed E-state index contributed by atoms with van der Waals surface area (Å²) in [5.41, 5.74) is 1.33. The number of carbonyl (C=O) groups is 1. The number of aliphatic carboxylic acids is 1. The smallest absolute Gasteiger partial charge is 0.212 e. The summed E-state index contributed by atoms with van der Waals surface area (Å²) in [6.07, 6.45) is 3.04. The lowest BCUT2D eigenvalue weighted by Crippen LogP contribution is -2.24. The minimum atomic E-state index is -1.21. The van der Waals surface area contributed by atoms with E-state index in [-0.39, 0.29) is 5.75 Å². The van der Waals surface area contributed by atoms with E-state index >= 15 is 0 Å². The van der Waals surface area contributed by atoms with Crippen LogP contribution in [0.5, 0.6) is 0 Å². The molecule has 3 rings (SSSR count). The highest BCUT2D eigenvalue weighted by Crippen LogP contribution is 2.27. The maximum Gasteiger partial charge on any atom is 0.212 e. The molecule has 0 spiro atoms. The van der Waals surface area contributed by atoms with Gasteiger partial charge in [-0.1, -0.05) is 41.0 Å². The summed E-state index contributed by atoms with van der Waals surface area (Å²) < 4.78 is 6.72. The minimum absolute atomic E-state index is 0.278. The number of hydrogen-bond donors (Lipinski definition) is 0. The van der Waals surface area contributed by atoms with Crippen molar-refractivity contribution >= 4 is 47.1 Å². The van der Waals surface area contributed by atoms with Gasteiger partial charge in [-0.25, -0.2) is 0 Å². The molecule has 0 atom stereocenters. The Bertz CT molecular complexity index is 984. The third-order valence-electron chi connectivity index (χ3n) is 3.31. The van der Waals surface area contributed by atoms with Gasteiger partial charge in [-0.15, -0.1) is 10.2 Å². The Labute approximate surface area is 162 Å². The van der Waals surface area contributed by atoms with Crippen molar-refractivity contribution in [2.45, 2.75) is 12.1 Å². The van der Waals surface area contributed by atoms with Gasteiger partial charge in [0, 0.05) is 16.3 Å². The van der Waals surface area contributed by atoms with Crippen molar-refractivity contribution in [2.24, 2.45) is 5.10 Å². The molecule has 0 amide bonds. The zero-order valence-corrected chi connectivity index (χ0v) is 15.7. The first-order chi connectivity index (χ1) is 12.5. The van der Waals surface area contributed by atoms with Gasteiger partial charge < -0.3 is 14.3 Å². The maximum absolute atomic E-state index is 10.8. The van der Waals surface area contributed by atoms with Gasteiger partial charge >= 0.3 is 0 Å². The Morgan fingerprint density at radius 2 is 2.19 bits per heavy atom. The normalized spacial score (nSPS) is 11.3. The molecule has 0 bridgehead atoms. The van der Waals surface area contributed by atoms with Crippen LogP contribution < -0.4 is 5.11 Å². The molecular weight excluding hydrogens is 399 g/mol. The lowest BCUT2D eigenvalue weighted by atomic mass is 10.2. The van der Waals surface area contributed by atoms with Gasteiger partial charge in [0.05, 0.1) is 29.0 Å². The van der Waals surface area contributed by atoms with Crippen LogP contribution in [0.3, 0.4) is 0 Å². The molecule has 10 heteroatoms. The van der Waals surface area contributed by atoms with Crippen molar-refractivity contribution in [1.82, 2.24) is 14.9 Å². The molecule has 0 fully saturated rings. The quantitative estimate of drug-likeness (QED) is 0.458. The van der Waals surface area contributed by atoms with E-state index in [4.69, 9.17) is 27.6 Å². The summed E-state index contributed by atoms with van der Waals surface area (Å²) in [6, 6.07) is 6.74. The van der Waals surface area contributed by atoms with E-state index in [1.165, 1.54) is 17.2 Å². The van der Waals surface area contributed by atoms with Crippen LogP contribution in [0.2, 0.25) is 10.0 Å². The van der Waals surface area contributed by atoms with Gasteiger partial charge in [-0.05, 0) is 25.1 Å².